The first-order valence-electron chi connectivity index (χ1n) is 5.75. The van der Waals surface area contributed by atoms with Gasteiger partial charge in [0.2, 0.25) is 0 Å². The fourth-order valence-corrected chi connectivity index (χ4v) is 2.16. The molecule has 92 valence electrons. The van der Waals surface area contributed by atoms with E-state index in [9.17, 15) is 4.21 Å². The molecule has 17 heavy (non-hydrogen) atoms. The molecule has 2 unspecified atom stereocenters. The van der Waals surface area contributed by atoms with Gasteiger partial charge in [0, 0.05) is 34.9 Å². The van der Waals surface area contributed by atoms with Crippen molar-refractivity contribution in [3.8, 4) is 6.07 Å². The van der Waals surface area contributed by atoms with Crippen LogP contribution in [0, 0.1) is 11.3 Å². The van der Waals surface area contributed by atoms with Crippen LogP contribution in [0.5, 0.6) is 0 Å². The van der Waals surface area contributed by atoms with E-state index in [4.69, 9.17) is 5.26 Å². The number of nitriles is 1. The Morgan fingerprint density at radius 1 is 1.53 bits per heavy atom. The molecule has 0 aliphatic heterocycles. The highest BCUT2D eigenvalue weighted by Crippen LogP contribution is 2.13. The van der Waals surface area contributed by atoms with E-state index in [-0.39, 0.29) is 6.04 Å². The first-order chi connectivity index (χ1) is 8.17. The third kappa shape index (κ3) is 4.68. The second kappa shape index (κ2) is 7.21. The minimum absolute atomic E-state index is 0.178. The summed E-state index contributed by atoms with van der Waals surface area (Å²) in [7, 11) is -0.721. The third-order valence-corrected chi connectivity index (χ3v) is 3.92. The van der Waals surface area contributed by atoms with Crippen molar-refractivity contribution in [2.75, 3.05) is 18.1 Å². The number of hydrogen-bond acceptors (Lipinski definition) is 3. The maximum Gasteiger partial charge on any atom is 0.0991 e. The van der Waals surface area contributed by atoms with Gasteiger partial charge in [-0.25, -0.2) is 0 Å². The standard InChI is InChI=1S/C13H18N2OS/c1-3-17(16)8-7-15-11(2)13-6-4-5-12(9-13)10-14/h4-6,9,11,15H,3,7-8H2,1-2H3. The molecule has 1 rings (SSSR count). The SMILES string of the molecule is CCS(=O)CCNC(C)c1cccc(C#N)c1. The van der Waals surface area contributed by atoms with Gasteiger partial charge in [-0.2, -0.15) is 5.26 Å². The highest BCUT2D eigenvalue weighted by molar-refractivity contribution is 7.84. The molecule has 0 radical (unpaired) electrons. The monoisotopic (exact) mass is 250 g/mol. The summed E-state index contributed by atoms with van der Waals surface area (Å²) >= 11 is 0. The molecule has 0 bridgehead atoms. The topological polar surface area (TPSA) is 52.9 Å². The summed E-state index contributed by atoms with van der Waals surface area (Å²) in [6, 6.07) is 9.87. The maximum atomic E-state index is 11.3. The van der Waals surface area contributed by atoms with Gasteiger partial charge in [-0.3, -0.25) is 4.21 Å². The summed E-state index contributed by atoms with van der Waals surface area (Å²) in [5, 5.41) is 12.1. The van der Waals surface area contributed by atoms with E-state index in [2.05, 4.69) is 11.4 Å². The molecule has 0 aliphatic carbocycles. The van der Waals surface area contributed by atoms with E-state index in [1.807, 2.05) is 32.0 Å². The lowest BCUT2D eigenvalue weighted by Gasteiger charge is -2.14. The zero-order chi connectivity index (χ0) is 12.7. The smallest absolute Gasteiger partial charge is 0.0991 e. The number of nitrogens with zero attached hydrogens (tertiary/aromatic N) is 1. The van der Waals surface area contributed by atoms with Gasteiger partial charge < -0.3 is 5.32 Å². The Balaban J connectivity index is 2.49. The van der Waals surface area contributed by atoms with Crippen LogP contribution < -0.4 is 5.32 Å². The van der Waals surface area contributed by atoms with E-state index >= 15 is 0 Å². The highest BCUT2D eigenvalue weighted by Gasteiger charge is 2.05. The number of rotatable bonds is 6. The van der Waals surface area contributed by atoms with Crippen molar-refractivity contribution in [3.63, 3.8) is 0 Å². The summed E-state index contributed by atoms with van der Waals surface area (Å²) in [5.74, 6) is 1.39. The van der Waals surface area contributed by atoms with Gasteiger partial charge in [0.25, 0.3) is 0 Å². The van der Waals surface area contributed by atoms with E-state index < -0.39 is 10.8 Å². The van der Waals surface area contributed by atoms with Gasteiger partial charge in [0.1, 0.15) is 0 Å². The van der Waals surface area contributed by atoms with Crippen molar-refractivity contribution in [1.82, 2.24) is 5.32 Å². The maximum absolute atomic E-state index is 11.3. The van der Waals surface area contributed by atoms with Crippen LogP contribution in [0.15, 0.2) is 24.3 Å². The lowest BCUT2D eigenvalue weighted by molar-refractivity contribution is 0.596. The molecule has 0 amide bonds. The third-order valence-electron chi connectivity index (χ3n) is 2.62. The van der Waals surface area contributed by atoms with Gasteiger partial charge in [-0.05, 0) is 24.6 Å². The van der Waals surface area contributed by atoms with Gasteiger partial charge in [0.15, 0.2) is 0 Å². The van der Waals surface area contributed by atoms with Crippen molar-refractivity contribution in [2.45, 2.75) is 19.9 Å². The minimum atomic E-state index is -0.721. The van der Waals surface area contributed by atoms with Crippen molar-refractivity contribution in [3.05, 3.63) is 35.4 Å². The zero-order valence-corrected chi connectivity index (χ0v) is 11.1. The molecule has 0 heterocycles. The van der Waals surface area contributed by atoms with Crippen LogP contribution in [-0.2, 0) is 10.8 Å². The van der Waals surface area contributed by atoms with Crippen molar-refractivity contribution < 1.29 is 4.21 Å². The van der Waals surface area contributed by atoms with Crippen molar-refractivity contribution in [2.24, 2.45) is 0 Å². The van der Waals surface area contributed by atoms with Crippen LogP contribution in [0.4, 0.5) is 0 Å². The molecule has 0 saturated heterocycles. The molecule has 1 N–H and O–H groups in total. The Bertz CT molecular complexity index is 426. The Labute approximate surface area is 105 Å². The highest BCUT2D eigenvalue weighted by atomic mass is 32.2. The van der Waals surface area contributed by atoms with Crippen LogP contribution in [0.3, 0.4) is 0 Å². The Hall–Kier alpha value is -1.18. The molecule has 0 fully saturated rings. The molecule has 0 aromatic heterocycles. The lowest BCUT2D eigenvalue weighted by atomic mass is 10.1. The van der Waals surface area contributed by atoms with E-state index in [1.54, 1.807) is 6.07 Å². The van der Waals surface area contributed by atoms with Crippen LogP contribution in [0.1, 0.15) is 31.0 Å². The quantitative estimate of drug-likeness (QED) is 0.840. The number of nitrogens with one attached hydrogen (secondary N) is 1. The molecular formula is C13H18N2OS. The average molecular weight is 250 g/mol. The van der Waals surface area contributed by atoms with Crippen molar-refractivity contribution >= 4 is 10.8 Å². The molecule has 0 saturated carbocycles. The fourth-order valence-electron chi connectivity index (χ4n) is 1.53. The molecule has 3 nitrogen and oxygen atoms in total. The largest absolute Gasteiger partial charge is 0.309 e. The van der Waals surface area contributed by atoms with Gasteiger partial charge in [-0.1, -0.05) is 19.1 Å². The van der Waals surface area contributed by atoms with Crippen LogP contribution >= 0.6 is 0 Å². The van der Waals surface area contributed by atoms with Crippen LogP contribution in [-0.4, -0.2) is 22.3 Å². The predicted molar refractivity (Wildman–Crippen MR) is 71.1 cm³/mol. The summed E-state index contributed by atoms with van der Waals surface area (Å²) < 4.78 is 11.3. The molecule has 0 spiro atoms. The fraction of sp³-hybridized carbons (Fsp3) is 0.462. The summed E-state index contributed by atoms with van der Waals surface area (Å²) in [6.07, 6.45) is 0. The zero-order valence-electron chi connectivity index (χ0n) is 10.3. The Morgan fingerprint density at radius 2 is 2.29 bits per heavy atom. The minimum Gasteiger partial charge on any atom is -0.309 e. The van der Waals surface area contributed by atoms with Gasteiger partial charge in [-0.15, -0.1) is 0 Å². The normalized spacial score (nSPS) is 13.9. The molecule has 1 aromatic rings. The van der Waals surface area contributed by atoms with Gasteiger partial charge in [0.05, 0.1) is 11.6 Å². The first-order valence-corrected chi connectivity index (χ1v) is 7.24. The first kappa shape index (κ1) is 13.9. The van der Waals surface area contributed by atoms with Crippen LogP contribution in [0.2, 0.25) is 0 Å². The lowest BCUT2D eigenvalue weighted by Crippen LogP contribution is -2.24. The van der Waals surface area contributed by atoms with E-state index in [0.717, 1.165) is 12.1 Å². The summed E-state index contributed by atoms with van der Waals surface area (Å²) in [5.41, 5.74) is 1.76. The average Bonchev–Trinajstić information content (AvgIpc) is 2.38. The summed E-state index contributed by atoms with van der Waals surface area (Å²) in [6.45, 7) is 4.71. The molecule has 1 aromatic carbocycles. The Kier molecular flexibility index (Phi) is 5.88. The molecular weight excluding hydrogens is 232 g/mol. The van der Waals surface area contributed by atoms with Gasteiger partial charge >= 0.3 is 0 Å². The molecule has 0 aliphatic rings. The van der Waals surface area contributed by atoms with E-state index in [0.29, 0.717) is 17.1 Å². The second-order valence-electron chi connectivity index (χ2n) is 3.85. The Morgan fingerprint density at radius 3 is 2.94 bits per heavy atom. The second-order valence-corrected chi connectivity index (χ2v) is 5.71. The number of benzene rings is 1. The predicted octanol–water partition coefficient (Wildman–Crippen LogP) is 1.98. The number of hydrogen-bond donors (Lipinski definition) is 1. The van der Waals surface area contributed by atoms with E-state index in [1.165, 1.54) is 0 Å². The molecule has 4 heteroatoms. The summed E-state index contributed by atoms with van der Waals surface area (Å²) in [4.78, 5) is 0. The van der Waals surface area contributed by atoms with Crippen LogP contribution in [0.25, 0.3) is 0 Å². The molecule has 2 atom stereocenters. The van der Waals surface area contributed by atoms with Crippen molar-refractivity contribution in [1.29, 1.82) is 5.26 Å².